The number of anilines is 1. The number of rotatable bonds is 4. The van der Waals surface area contributed by atoms with Gasteiger partial charge in [-0.3, -0.25) is 5.32 Å². The zero-order chi connectivity index (χ0) is 20.3. The van der Waals surface area contributed by atoms with Gasteiger partial charge in [0.25, 0.3) is 0 Å². The number of hydrogen-bond donors (Lipinski definition) is 3. The fourth-order valence-electron chi connectivity index (χ4n) is 4.31. The molecule has 0 aliphatic carbocycles. The highest BCUT2D eigenvalue weighted by Crippen LogP contribution is 2.37. The molecule has 1 aromatic heterocycles. The normalized spacial score (nSPS) is 18.8. The van der Waals surface area contributed by atoms with Crippen LogP contribution in [0, 0.1) is 17.2 Å². The Hall–Kier alpha value is -3.34. The van der Waals surface area contributed by atoms with Gasteiger partial charge in [-0.2, -0.15) is 10.4 Å². The summed E-state index contributed by atoms with van der Waals surface area (Å²) >= 11 is 0. The molecule has 5 rings (SSSR count). The molecule has 0 amide bonds. The summed E-state index contributed by atoms with van der Waals surface area (Å²) in [7, 11) is 0. The topological polar surface area (TPSA) is 86.9 Å². The van der Waals surface area contributed by atoms with E-state index in [1.54, 1.807) is 4.68 Å². The van der Waals surface area contributed by atoms with Gasteiger partial charge in [0, 0.05) is 0 Å². The van der Waals surface area contributed by atoms with Crippen LogP contribution < -0.4 is 20.7 Å². The Morgan fingerprint density at radius 2 is 1.73 bits per heavy atom. The molecule has 7 heteroatoms. The molecule has 3 heterocycles. The van der Waals surface area contributed by atoms with E-state index in [1.165, 1.54) is 0 Å². The molecule has 0 bridgehead atoms. The molecule has 3 N–H and O–H groups in total. The summed E-state index contributed by atoms with van der Waals surface area (Å²) < 4.78 is 7.62. The first-order chi connectivity index (χ1) is 14.8. The van der Waals surface area contributed by atoms with E-state index in [1.807, 2.05) is 54.6 Å². The second kappa shape index (κ2) is 8.19. The Labute approximate surface area is 175 Å². The molecule has 0 radical (unpaired) electrons. The minimum Gasteiger partial charge on any atom is -0.457 e. The standard InChI is InChI=1S/C23H24N6O/c24-14-20-22-23(21(26-15-27-22)16-10-12-25-13-11-16)28-29(20)17-6-8-19(9-7-17)30-18-4-2-1-3-5-18/h1-9,16,21,25-27H,10-13,15H2. The Kier molecular flexibility index (Phi) is 5.10. The van der Waals surface area contributed by atoms with Crippen molar-refractivity contribution in [3.8, 4) is 23.3 Å². The van der Waals surface area contributed by atoms with Crippen LogP contribution in [0.3, 0.4) is 0 Å². The van der Waals surface area contributed by atoms with Gasteiger partial charge in [-0.25, -0.2) is 4.68 Å². The third-order valence-electron chi connectivity index (χ3n) is 5.82. The molecule has 2 aromatic carbocycles. The van der Waals surface area contributed by atoms with Crippen molar-refractivity contribution in [3.63, 3.8) is 0 Å². The lowest BCUT2D eigenvalue weighted by Gasteiger charge is -2.33. The summed E-state index contributed by atoms with van der Waals surface area (Å²) in [6.45, 7) is 2.70. The van der Waals surface area contributed by atoms with E-state index < -0.39 is 0 Å². The molecule has 2 aliphatic rings. The average molecular weight is 400 g/mol. The predicted molar refractivity (Wildman–Crippen MR) is 115 cm³/mol. The first-order valence-corrected chi connectivity index (χ1v) is 10.4. The second-order valence-electron chi connectivity index (χ2n) is 7.66. The van der Waals surface area contributed by atoms with Crippen molar-refractivity contribution in [2.45, 2.75) is 18.9 Å². The van der Waals surface area contributed by atoms with Gasteiger partial charge in [-0.05, 0) is 68.2 Å². The van der Waals surface area contributed by atoms with E-state index in [9.17, 15) is 5.26 Å². The Morgan fingerprint density at radius 1 is 1.00 bits per heavy atom. The summed E-state index contributed by atoms with van der Waals surface area (Å²) in [6, 6.07) is 19.9. The number of hydrogen-bond acceptors (Lipinski definition) is 6. The van der Waals surface area contributed by atoms with Gasteiger partial charge in [-0.15, -0.1) is 0 Å². The fraction of sp³-hybridized carbons (Fsp3) is 0.304. The van der Waals surface area contributed by atoms with Crippen molar-refractivity contribution in [1.29, 1.82) is 5.26 Å². The van der Waals surface area contributed by atoms with Gasteiger partial charge in [0.1, 0.15) is 23.3 Å². The molecular weight excluding hydrogens is 376 g/mol. The molecule has 0 saturated carbocycles. The minimum atomic E-state index is 0.164. The lowest BCUT2D eigenvalue weighted by Crippen LogP contribution is -2.41. The summed E-state index contributed by atoms with van der Waals surface area (Å²) in [6.07, 6.45) is 2.22. The van der Waals surface area contributed by atoms with Crippen LogP contribution in [-0.4, -0.2) is 29.5 Å². The third-order valence-corrected chi connectivity index (χ3v) is 5.82. The Balaban J connectivity index is 1.45. The molecule has 0 spiro atoms. The molecule has 1 unspecified atom stereocenters. The van der Waals surface area contributed by atoms with Crippen molar-refractivity contribution in [2.75, 3.05) is 25.1 Å². The lowest BCUT2D eigenvalue weighted by atomic mass is 9.87. The van der Waals surface area contributed by atoms with E-state index in [0.29, 0.717) is 18.3 Å². The largest absolute Gasteiger partial charge is 0.457 e. The molecule has 152 valence electrons. The lowest BCUT2D eigenvalue weighted by molar-refractivity contribution is 0.278. The highest BCUT2D eigenvalue weighted by molar-refractivity contribution is 5.63. The molecule has 7 nitrogen and oxygen atoms in total. The van der Waals surface area contributed by atoms with Gasteiger partial charge in [0.15, 0.2) is 5.69 Å². The predicted octanol–water partition coefficient (Wildman–Crippen LogP) is 3.55. The summed E-state index contributed by atoms with van der Waals surface area (Å²) in [5.41, 5.74) is 3.17. The Morgan fingerprint density at radius 3 is 2.47 bits per heavy atom. The minimum absolute atomic E-state index is 0.164. The summed E-state index contributed by atoms with van der Waals surface area (Å²) in [5, 5.41) is 25.0. The monoisotopic (exact) mass is 400 g/mol. The molecule has 1 fully saturated rings. The number of fused-ring (bicyclic) bond motifs is 1. The van der Waals surface area contributed by atoms with Crippen LogP contribution in [-0.2, 0) is 0 Å². The van der Waals surface area contributed by atoms with Crippen LogP contribution in [0.4, 0.5) is 5.69 Å². The average Bonchev–Trinajstić information content (AvgIpc) is 3.19. The Bertz CT molecular complexity index is 1050. The van der Waals surface area contributed by atoms with Crippen LogP contribution in [0.2, 0.25) is 0 Å². The number of aromatic nitrogens is 2. The molecule has 3 aromatic rings. The summed E-state index contributed by atoms with van der Waals surface area (Å²) in [4.78, 5) is 0. The van der Waals surface area contributed by atoms with Crippen molar-refractivity contribution in [3.05, 3.63) is 66.0 Å². The molecule has 1 atom stereocenters. The van der Waals surface area contributed by atoms with E-state index in [0.717, 1.165) is 54.5 Å². The second-order valence-corrected chi connectivity index (χ2v) is 7.66. The number of para-hydroxylation sites is 1. The van der Waals surface area contributed by atoms with Crippen LogP contribution in [0.25, 0.3) is 5.69 Å². The third kappa shape index (κ3) is 3.52. The van der Waals surface area contributed by atoms with Gasteiger partial charge in [0.2, 0.25) is 0 Å². The molecule has 30 heavy (non-hydrogen) atoms. The number of piperidine rings is 1. The van der Waals surface area contributed by atoms with Crippen LogP contribution in [0.5, 0.6) is 11.5 Å². The van der Waals surface area contributed by atoms with Crippen molar-refractivity contribution in [2.24, 2.45) is 5.92 Å². The summed E-state index contributed by atoms with van der Waals surface area (Å²) in [5.74, 6) is 2.05. The van der Waals surface area contributed by atoms with E-state index >= 15 is 0 Å². The zero-order valence-corrected chi connectivity index (χ0v) is 16.6. The van der Waals surface area contributed by atoms with Crippen LogP contribution in [0.1, 0.15) is 30.3 Å². The SMILES string of the molecule is N#Cc1c2c(nn1-c1ccc(Oc3ccccc3)cc1)C(C1CCNCC1)NCN2. The van der Waals surface area contributed by atoms with Gasteiger partial charge in [-0.1, -0.05) is 18.2 Å². The van der Waals surface area contributed by atoms with E-state index in [2.05, 4.69) is 22.0 Å². The van der Waals surface area contributed by atoms with Crippen LogP contribution in [0.15, 0.2) is 54.6 Å². The molecule has 2 aliphatic heterocycles. The van der Waals surface area contributed by atoms with Crippen molar-refractivity contribution >= 4 is 5.69 Å². The van der Waals surface area contributed by atoms with Gasteiger partial charge < -0.3 is 15.4 Å². The number of benzene rings is 2. The highest BCUT2D eigenvalue weighted by Gasteiger charge is 2.34. The highest BCUT2D eigenvalue weighted by atomic mass is 16.5. The quantitative estimate of drug-likeness (QED) is 0.621. The zero-order valence-electron chi connectivity index (χ0n) is 16.6. The maximum Gasteiger partial charge on any atom is 0.167 e. The number of nitrogens with zero attached hydrogens (tertiary/aromatic N) is 3. The fourth-order valence-corrected chi connectivity index (χ4v) is 4.31. The first-order valence-electron chi connectivity index (χ1n) is 10.4. The van der Waals surface area contributed by atoms with E-state index in [4.69, 9.17) is 9.84 Å². The maximum absolute atomic E-state index is 9.86. The number of nitriles is 1. The van der Waals surface area contributed by atoms with Gasteiger partial charge >= 0.3 is 0 Å². The number of nitrogens with one attached hydrogen (secondary N) is 3. The first kappa shape index (κ1) is 18.7. The van der Waals surface area contributed by atoms with Crippen LogP contribution >= 0.6 is 0 Å². The molecule has 1 saturated heterocycles. The van der Waals surface area contributed by atoms with Gasteiger partial charge in [0.05, 0.1) is 24.1 Å². The van der Waals surface area contributed by atoms with Crippen molar-refractivity contribution < 1.29 is 4.74 Å². The molecular formula is C23H24N6O. The van der Waals surface area contributed by atoms with E-state index in [-0.39, 0.29) is 6.04 Å². The maximum atomic E-state index is 9.86. The number of ether oxygens (including phenoxy) is 1. The smallest absolute Gasteiger partial charge is 0.167 e. The van der Waals surface area contributed by atoms with Crippen molar-refractivity contribution in [1.82, 2.24) is 20.4 Å².